The van der Waals surface area contributed by atoms with Crippen LogP contribution in [0.15, 0.2) is 45.7 Å². The summed E-state index contributed by atoms with van der Waals surface area (Å²) in [7, 11) is 0. The molecule has 0 aliphatic heterocycles. The zero-order valence-corrected chi connectivity index (χ0v) is 15.0. The number of nitrogens with zero attached hydrogens (tertiary/aromatic N) is 1. The van der Waals surface area contributed by atoms with Crippen LogP contribution in [-0.4, -0.2) is 22.6 Å². The second-order valence-electron chi connectivity index (χ2n) is 4.75. The lowest BCUT2D eigenvalue weighted by Crippen LogP contribution is -1.96. The normalized spacial score (nSPS) is 11.6. The van der Waals surface area contributed by atoms with Crippen LogP contribution >= 0.6 is 23.5 Å². The van der Waals surface area contributed by atoms with Crippen LogP contribution in [0.1, 0.15) is 32.3 Å². The minimum atomic E-state index is -1.20. The molecule has 0 amide bonds. The van der Waals surface area contributed by atoms with Gasteiger partial charge in [-0.15, -0.1) is 23.5 Å². The molecule has 0 spiro atoms. The van der Waals surface area contributed by atoms with E-state index in [-0.39, 0.29) is 5.57 Å². The van der Waals surface area contributed by atoms with Crippen LogP contribution in [0.2, 0.25) is 0 Å². The van der Waals surface area contributed by atoms with E-state index < -0.39 is 5.97 Å². The molecule has 0 saturated heterocycles. The first-order chi connectivity index (χ1) is 11.1. The summed E-state index contributed by atoms with van der Waals surface area (Å²) < 4.78 is 0. The summed E-state index contributed by atoms with van der Waals surface area (Å²) >= 11 is 3.64. The molecule has 0 atom stereocenters. The maximum Gasteiger partial charge on any atom is 0.346 e. The predicted octanol–water partition coefficient (Wildman–Crippen LogP) is 5.24. The van der Waals surface area contributed by atoms with E-state index in [9.17, 15) is 4.79 Å². The minimum Gasteiger partial charge on any atom is -0.477 e. The number of carboxylic acid groups (broad SMARTS) is 1. The van der Waals surface area contributed by atoms with Crippen molar-refractivity contribution in [3.8, 4) is 6.07 Å². The third kappa shape index (κ3) is 6.98. The van der Waals surface area contributed by atoms with Crippen LogP contribution in [0.3, 0.4) is 0 Å². The van der Waals surface area contributed by atoms with E-state index in [1.54, 1.807) is 23.9 Å². The van der Waals surface area contributed by atoms with E-state index in [2.05, 4.69) is 26.0 Å². The Kier molecular flexibility index (Phi) is 9.27. The maximum absolute atomic E-state index is 10.8. The van der Waals surface area contributed by atoms with Crippen LogP contribution in [0, 0.1) is 11.3 Å². The number of nitriles is 1. The Morgan fingerprint density at radius 1 is 1.26 bits per heavy atom. The summed E-state index contributed by atoms with van der Waals surface area (Å²) in [6.07, 6.45) is 7.04. The monoisotopic (exact) mass is 347 g/mol. The molecule has 0 aliphatic rings. The maximum atomic E-state index is 10.8. The highest BCUT2D eigenvalue weighted by atomic mass is 32.2. The van der Waals surface area contributed by atoms with E-state index in [0.717, 1.165) is 29.9 Å². The topological polar surface area (TPSA) is 61.1 Å². The fraction of sp³-hybridized carbons (Fsp3) is 0.333. The van der Waals surface area contributed by atoms with Crippen molar-refractivity contribution in [3.05, 3.63) is 41.5 Å². The van der Waals surface area contributed by atoms with Gasteiger partial charge in [0, 0.05) is 9.79 Å². The molecule has 0 aromatic heterocycles. The van der Waals surface area contributed by atoms with Gasteiger partial charge in [0.1, 0.15) is 11.6 Å². The molecule has 122 valence electrons. The van der Waals surface area contributed by atoms with Crippen LogP contribution in [0.25, 0.3) is 6.08 Å². The number of benzene rings is 1. The molecule has 1 rings (SSSR count). The number of hydrogen-bond donors (Lipinski definition) is 1. The molecule has 1 N–H and O–H groups in total. The first kappa shape index (κ1) is 19.4. The number of thioether (sulfide) groups is 2. The minimum absolute atomic E-state index is 0.265. The van der Waals surface area contributed by atoms with Gasteiger partial charge in [0.2, 0.25) is 0 Å². The number of aliphatic carboxylic acids is 1. The van der Waals surface area contributed by atoms with Crippen molar-refractivity contribution in [1.82, 2.24) is 0 Å². The number of carbonyl (C=O) groups is 1. The van der Waals surface area contributed by atoms with Gasteiger partial charge in [-0.05, 0) is 48.1 Å². The average Bonchev–Trinajstić information content (AvgIpc) is 2.55. The molecule has 5 heteroatoms. The molecule has 0 bridgehead atoms. The van der Waals surface area contributed by atoms with Crippen molar-refractivity contribution in [1.29, 1.82) is 5.26 Å². The third-order valence-electron chi connectivity index (χ3n) is 2.81. The van der Waals surface area contributed by atoms with Crippen LogP contribution in [0.4, 0.5) is 0 Å². The number of carboxylic acids is 1. The molecule has 3 nitrogen and oxygen atoms in total. The molecule has 0 fully saturated rings. The average molecular weight is 348 g/mol. The summed E-state index contributed by atoms with van der Waals surface area (Å²) in [5, 5.41) is 17.6. The van der Waals surface area contributed by atoms with Crippen molar-refractivity contribution in [3.63, 3.8) is 0 Å². The van der Waals surface area contributed by atoms with Gasteiger partial charge in [-0.2, -0.15) is 5.26 Å². The van der Waals surface area contributed by atoms with Crippen molar-refractivity contribution >= 4 is 35.6 Å². The quantitative estimate of drug-likeness (QED) is 0.286. The van der Waals surface area contributed by atoms with E-state index in [1.165, 1.54) is 15.9 Å². The number of rotatable bonds is 9. The van der Waals surface area contributed by atoms with Gasteiger partial charge in [0.05, 0.1) is 0 Å². The SMILES string of the molecule is CCCSc1ccc(C=CC=C(C#N)C(=O)O)c(SCCC)c1. The Morgan fingerprint density at radius 2 is 1.96 bits per heavy atom. The Bertz CT molecular complexity index is 630. The molecular weight excluding hydrogens is 326 g/mol. The fourth-order valence-corrected chi connectivity index (χ4v) is 3.52. The van der Waals surface area contributed by atoms with Crippen molar-refractivity contribution in [2.45, 2.75) is 36.5 Å². The van der Waals surface area contributed by atoms with Crippen molar-refractivity contribution in [2.75, 3.05) is 11.5 Å². The smallest absolute Gasteiger partial charge is 0.346 e. The second kappa shape index (κ2) is 11.0. The van der Waals surface area contributed by atoms with Gasteiger partial charge in [0.15, 0.2) is 0 Å². The van der Waals surface area contributed by atoms with Crippen LogP contribution < -0.4 is 0 Å². The largest absolute Gasteiger partial charge is 0.477 e. The van der Waals surface area contributed by atoms with Gasteiger partial charge in [-0.1, -0.05) is 32.1 Å². The lowest BCUT2D eigenvalue weighted by atomic mass is 10.2. The van der Waals surface area contributed by atoms with E-state index >= 15 is 0 Å². The van der Waals surface area contributed by atoms with Gasteiger partial charge >= 0.3 is 5.97 Å². The zero-order chi connectivity index (χ0) is 17.1. The zero-order valence-electron chi connectivity index (χ0n) is 13.4. The van der Waals surface area contributed by atoms with Crippen molar-refractivity contribution in [2.24, 2.45) is 0 Å². The fourth-order valence-electron chi connectivity index (χ4n) is 1.70. The lowest BCUT2D eigenvalue weighted by molar-refractivity contribution is -0.132. The molecule has 0 radical (unpaired) electrons. The van der Waals surface area contributed by atoms with Crippen LogP contribution in [-0.2, 0) is 4.79 Å². The van der Waals surface area contributed by atoms with E-state index in [4.69, 9.17) is 10.4 Å². The highest BCUT2D eigenvalue weighted by Crippen LogP contribution is 2.30. The Labute approximate surface area is 146 Å². The standard InChI is InChI=1S/C18H21NO2S2/c1-3-10-22-16-9-8-14(17(12-16)23-11-4-2)6-5-7-15(13-19)18(20)21/h5-9,12H,3-4,10-11H2,1-2H3,(H,20,21). The summed E-state index contributed by atoms with van der Waals surface area (Å²) in [6, 6.07) is 7.99. The highest BCUT2D eigenvalue weighted by molar-refractivity contribution is 8.00. The van der Waals surface area contributed by atoms with Gasteiger partial charge < -0.3 is 5.11 Å². The number of hydrogen-bond acceptors (Lipinski definition) is 4. The van der Waals surface area contributed by atoms with Gasteiger partial charge in [-0.25, -0.2) is 4.79 Å². The summed E-state index contributed by atoms with van der Waals surface area (Å²) in [5.41, 5.74) is 0.780. The Morgan fingerprint density at radius 3 is 2.57 bits per heavy atom. The summed E-state index contributed by atoms with van der Waals surface area (Å²) in [6.45, 7) is 4.31. The van der Waals surface area contributed by atoms with E-state index in [1.807, 2.05) is 23.9 Å². The highest BCUT2D eigenvalue weighted by Gasteiger charge is 2.05. The molecule has 0 heterocycles. The molecule has 1 aromatic rings. The molecule has 0 aliphatic carbocycles. The van der Waals surface area contributed by atoms with Gasteiger partial charge in [-0.3, -0.25) is 0 Å². The number of allylic oxidation sites excluding steroid dienone is 2. The van der Waals surface area contributed by atoms with Gasteiger partial charge in [0.25, 0.3) is 0 Å². The Hall–Kier alpha value is -1.64. The third-order valence-corrected chi connectivity index (χ3v) is 5.29. The summed E-state index contributed by atoms with van der Waals surface area (Å²) in [4.78, 5) is 13.2. The van der Waals surface area contributed by atoms with Crippen LogP contribution in [0.5, 0.6) is 0 Å². The molecular formula is C18H21NO2S2. The van der Waals surface area contributed by atoms with Crippen molar-refractivity contribution < 1.29 is 9.90 Å². The second-order valence-corrected chi connectivity index (χ2v) is 7.06. The molecule has 1 aromatic carbocycles. The predicted molar refractivity (Wildman–Crippen MR) is 98.8 cm³/mol. The molecule has 0 unspecified atom stereocenters. The lowest BCUT2D eigenvalue weighted by Gasteiger charge is -2.08. The summed E-state index contributed by atoms with van der Waals surface area (Å²) in [5.74, 6) is 0.931. The molecule has 0 saturated carbocycles. The van der Waals surface area contributed by atoms with E-state index in [0.29, 0.717) is 0 Å². The Balaban J connectivity index is 2.99. The molecule has 23 heavy (non-hydrogen) atoms. The first-order valence-corrected chi connectivity index (χ1v) is 9.50. The first-order valence-electron chi connectivity index (χ1n) is 7.53.